The number of hydrogen-bond donors (Lipinski definition) is 1. The predicted octanol–water partition coefficient (Wildman–Crippen LogP) is 2.14. The van der Waals surface area contributed by atoms with E-state index in [0.717, 1.165) is 24.4 Å². The van der Waals surface area contributed by atoms with Crippen molar-refractivity contribution in [3.05, 3.63) is 65.1 Å². The summed E-state index contributed by atoms with van der Waals surface area (Å²) in [7, 11) is 1.64. The maximum atomic E-state index is 12.3. The van der Waals surface area contributed by atoms with E-state index in [2.05, 4.69) is 24.1 Å². The summed E-state index contributed by atoms with van der Waals surface area (Å²) >= 11 is 0. The number of rotatable bonds is 8. The molecule has 0 bridgehead atoms. The molecule has 0 aliphatic rings. The van der Waals surface area contributed by atoms with Crippen molar-refractivity contribution in [3.8, 4) is 5.75 Å². The summed E-state index contributed by atoms with van der Waals surface area (Å²) < 4.78 is 5.94. The lowest BCUT2D eigenvalue weighted by Crippen LogP contribution is -2.38. The molecule has 1 aromatic carbocycles. The Balaban J connectivity index is 2.17. The fourth-order valence-electron chi connectivity index (χ4n) is 2.85. The monoisotopic (exact) mass is 343 g/mol. The lowest BCUT2D eigenvalue weighted by molar-refractivity contribution is -0.605. The van der Waals surface area contributed by atoms with Gasteiger partial charge in [-0.3, -0.25) is 9.69 Å². The largest absolute Gasteiger partial charge is 0.619 e. The third kappa shape index (κ3) is 4.93. The number of likely N-dealkylation sites (N-methyl/N-ethyl adjacent to an activating group) is 1. The maximum Gasteiger partial charge on any atom is 0.257 e. The average Bonchev–Trinajstić information content (AvgIpc) is 2.65. The molecular weight excluding hydrogens is 318 g/mol. The van der Waals surface area contributed by atoms with E-state index in [4.69, 9.17) is 4.74 Å². The Labute approximate surface area is 148 Å². The van der Waals surface area contributed by atoms with E-state index in [1.807, 2.05) is 24.3 Å². The normalized spacial score (nSPS) is 12.0. The van der Waals surface area contributed by atoms with Gasteiger partial charge in [-0.15, -0.1) is 0 Å². The Kier molecular flexibility index (Phi) is 6.77. The van der Waals surface area contributed by atoms with E-state index in [9.17, 15) is 10.0 Å². The van der Waals surface area contributed by atoms with Crippen LogP contribution in [0.4, 0.5) is 0 Å². The molecule has 0 saturated carbocycles. The number of aromatic nitrogens is 1. The van der Waals surface area contributed by atoms with Gasteiger partial charge < -0.3 is 15.3 Å². The van der Waals surface area contributed by atoms with E-state index >= 15 is 0 Å². The molecule has 6 heteroatoms. The average molecular weight is 343 g/mol. The fourth-order valence-corrected chi connectivity index (χ4v) is 2.85. The Morgan fingerprint density at radius 2 is 2.04 bits per heavy atom. The van der Waals surface area contributed by atoms with Crippen molar-refractivity contribution >= 4 is 5.91 Å². The molecule has 1 N–H and O–H groups in total. The highest BCUT2D eigenvalue weighted by Gasteiger charge is 2.20. The molecular formula is C19H25N3O3. The lowest BCUT2D eigenvalue weighted by Gasteiger charge is -2.30. The zero-order valence-corrected chi connectivity index (χ0v) is 14.9. The third-order valence-electron chi connectivity index (χ3n) is 4.22. The first-order valence-corrected chi connectivity index (χ1v) is 8.44. The van der Waals surface area contributed by atoms with Gasteiger partial charge in [-0.05, 0) is 36.9 Å². The number of nitrogens with zero attached hydrogens (tertiary/aromatic N) is 2. The van der Waals surface area contributed by atoms with Crippen molar-refractivity contribution < 1.29 is 14.3 Å². The molecule has 1 unspecified atom stereocenters. The number of carbonyl (C=O) groups is 1. The molecule has 1 aromatic heterocycles. The number of ether oxygens (including phenoxy) is 1. The highest BCUT2D eigenvalue weighted by Crippen LogP contribution is 2.23. The Morgan fingerprint density at radius 3 is 2.68 bits per heavy atom. The van der Waals surface area contributed by atoms with Crippen LogP contribution >= 0.6 is 0 Å². The lowest BCUT2D eigenvalue weighted by atomic mass is 10.0. The van der Waals surface area contributed by atoms with Crippen LogP contribution in [0.25, 0.3) is 0 Å². The molecule has 0 aliphatic carbocycles. The molecule has 2 aromatic rings. The van der Waals surface area contributed by atoms with Crippen molar-refractivity contribution in [3.63, 3.8) is 0 Å². The first-order chi connectivity index (χ1) is 12.1. The molecule has 0 radical (unpaired) electrons. The SMILES string of the molecule is CCN(CC)C(CNC(=O)c1ccc[n+]([O-])c1)c1cccc(OC)c1. The summed E-state index contributed by atoms with van der Waals surface area (Å²) in [5, 5.41) is 14.3. The minimum Gasteiger partial charge on any atom is -0.619 e. The van der Waals surface area contributed by atoms with E-state index < -0.39 is 0 Å². The van der Waals surface area contributed by atoms with Crippen molar-refractivity contribution in [2.45, 2.75) is 19.9 Å². The summed E-state index contributed by atoms with van der Waals surface area (Å²) in [4.78, 5) is 14.6. The molecule has 0 saturated heterocycles. The van der Waals surface area contributed by atoms with Crippen LogP contribution in [0, 0.1) is 5.21 Å². The topological polar surface area (TPSA) is 68.5 Å². The second-order valence-corrected chi connectivity index (χ2v) is 5.68. The van der Waals surface area contributed by atoms with Crippen LogP contribution in [0.2, 0.25) is 0 Å². The summed E-state index contributed by atoms with van der Waals surface area (Å²) in [6.07, 6.45) is 2.62. The number of carbonyl (C=O) groups excluding carboxylic acids is 1. The van der Waals surface area contributed by atoms with Gasteiger partial charge in [0.25, 0.3) is 5.91 Å². The van der Waals surface area contributed by atoms with Gasteiger partial charge in [-0.2, -0.15) is 4.73 Å². The molecule has 1 amide bonds. The summed E-state index contributed by atoms with van der Waals surface area (Å²) in [5.74, 6) is 0.529. The molecule has 6 nitrogen and oxygen atoms in total. The van der Waals surface area contributed by atoms with Crippen molar-refractivity contribution in [1.82, 2.24) is 10.2 Å². The van der Waals surface area contributed by atoms with E-state index in [-0.39, 0.29) is 11.9 Å². The van der Waals surface area contributed by atoms with Gasteiger partial charge in [-0.1, -0.05) is 26.0 Å². The first kappa shape index (κ1) is 18.7. The number of nitrogens with one attached hydrogen (secondary N) is 1. The van der Waals surface area contributed by atoms with Gasteiger partial charge in [0.1, 0.15) is 11.3 Å². The molecule has 1 atom stereocenters. The van der Waals surface area contributed by atoms with Crippen molar-refractivity contribution in [1.29, 1.82) is 0 Å². The summed E-state index contributed by atoms with van der Waals surface area (Å²) in [6, 6.07) is 11.1. The van der Waals surface area contributed by atoms with Crippen LogP contribution in [0.15, 0.2) is 48.8 Å². The molecule has 134 valence electrons. The number of hydrogen-bond acceptors (Lipinski definition) is 4. The Bertz CT molecular complexity index is 702. The highest BCUT2D eigenvalue weighted by atomic mass is 16.5. The van der Waals surface area contributed by atoms with Gasteiger partial charge >= 0.3 is 0 Å². The smallest absolute Gasteiger partial charge is 0.257 e. The van der Waals surface area contributed by atoms with Crippen LogP contribution in [0.1, 0.15) is 35.8 Å². The van der Waals surface area contributed by atoms with Crippen LogP contribution in [-0.4, -0.2) is 37.6 Å². The van der Waals surface area contributed by atoms with E-state index in [1.54, 1.807) is 19.2 Å². The minimum absolute atomic E-state index is 0.0251. The van der Waals surface area contributed by atoms with Gasteiger partial charge in [0.15, 0.2) is 12.4 Å². The Morgan fingerprint density at radius 1 is 1.28 bits per heavy atom. The third-order valence-corrected chi connectivity index (χ3v) is 4.22. The molecule has 0 aliphatic heterocycles. The van der Waals surface area contributed by atoms with E-state index in [1.165, 1.54) is 12.4 Å². The molecule has 25 heavy (non-hydrogen) atoms. The molecule has 0 fully saturated rings. The second-order valence-electron chi connectivity index (χ2n) is 5.68. The number of pyridine rings is 1. The van der Waals surface area contributed by atoms with Crippen LogP contribution in [-0.2, 0) is 0 Å². The van der Waals surface area contributed by atoms with Gasteiger partial charge in [-0.25, -0.2) is 0 Å². The van der Waals surface area contributed by atoms with E-state index in [0.29, 0.717) is 16.8 Å². The zero-order valence-electron chi connectivity index (χ0n) is 14.9. The number of amides is 1. The van der Waals surface area contributed by atoms with Gasteiger partial charge in [0.2, 0.25) is 0 Å². The van der Waals surface area contributed by atoms with Gasteiger partial charge in [0, 0.05) is 12.6 Å². The highest BCUT2D eigenvalue weighted by molar-refractivity contribution is 5.93. The summed E-state index contributed by atoms with van der Waals surface area (Å²) in [5.41, 5.74) is 1.43. The quantitative estimate of drug-likeness (QED) is 0.589. The summed E-state index contributed by atoms with van der Waals surface area (Å²) in [6.45, 7) is 6.35. The Hall–Kier alpha value is -2.60. The number of benzene rings is 1. The fraction of sp³-hybridized carbons (Fsp3) is 0.368. The molecule has 2 rings (SSSR count). The van der Waals surface area contributed by atoms with Crippen LogP contribution in [0.5, 0.6) is 5.75 Å². The van der Waals surface area contributed by atoms with Crippen LogP contribution < -0.4 is 14.8 Å². The standard InChI is InChI=1S/C19H25N3O3/c1-4-21(5-2)18(15-8-6-10-17(12-15)25-3)13-20-19(23)16-9-7-11-22(24)14-16/h6-12,14,18H,4-5,13H2,1-3H3,(H,20,23). The molecule has 1 heterocycles. The first-order valence-electron chi connectivity index (χ1n) is 8.44. The zero-order chi connectivity index (χ0) is 18.2. The predicted molar refractivity (Wildman–Crippen MR) is 96.4 cm³/mol. The van der Waals surface area contributed by atoms with Crippen LogP contribution in [0.3, 0.4) is 0 Å². The van der Waals surface area contributed by atoms with Crippen molar-refractivity contribution in [2.75, 3.05) is 26.7 Å². The number of methoxy groups -OCH3 is 1. The molecule has 0 spiro atoms. The van der Waals surface area contributed by atoms with Crippen molar-refractivity contribution in [2.24, 2.45) is 0 Å². The minimum atomic E-state index is -0.259. The second kappa shape index (κ2) is 9.03. The van der Waals surface area contributed by atoms with Gasteiger partial charge in [0.05, 0.1) is 13.2 Å². The maximum absolute atomic E-state index is 12.3.